The van der Waals surface area contributed by atoms with Gasteiger partial charge in [-0.3, -0.25) is 4.99 Å². The predicted molar refractivity (Wildman–Crippen MR) is 106 cm³/mol. The molecule has 2 unspecified atom stereocenters. The van der Waals surface area contributed by atoms with Gasteiger partial charge in [0.25, 0.3) is 0 Å². The first-order valence-corrected chi connectivity index (χ1v) is 10.3. The number of guanidine groups is 1. The van der Waals surface area contributed by atoms with E-state index in [2.05, 4.69) is 27.4 Å². The smallest absolute Gasteiger partial charge is 0.191 e. The molecule has 8 heteroatoms. The molecular weight excluding hydrogens is 427 g/mol. The number of rotatable bonds is 6. The highest BCUT2D eigenvalue weighted by molar-refractivity contribution is 14.0. The van der Waals surface area contributed by atoms with Gasteiger partial charge in [0.15, 0.2) is 15.8 Å². The number of likely N-dealkylation sites (tertiary alicyclic amines) is 1. The zero-order valence-corrected chi connectivity index (χ0v) is 17.4. The fraction of sp³-hybridized carbons (Fsp3) is 0.933. The Hall–Kier alpha value is -0.0900. The third kappa shape index (κ3) is 7.55. The maximum atomic E-state index is 11.5. The van der Waals surface area contributed by atoms with Gasteiger partial charge in [-0.1, -0.05) is 6.92 Å². The van der Waals surface area contributed by atoms with Crippen molar-refractivity contribution in [3.63, 3.8) is 0 Å². The molecule has 136 valence electrons. The van der Waals surface area contributed by atoms with E-state index in [0.29, 0.717) is 12.3 Å². The molecule has 0 saturated carbocycles. The summed E-state index contributed by atoms with van der Waals surface area (Å²) < 4.78 is 23.1. The summed E-state index contributed by atoms with van der Waals surface area (Å²) in [7, 11) is -2.85. The van der Waals surface area contributed by atoms with Gasteiger partial charge in [0.1, 0.15) is 0 Å². The molecule has 2 heterocycles. The first-order valence-electron chi connectivity index (χ1n) is 8.46. The van der Waals surface area contributed by atoms with Crippen LogP contribution in [-0.4, -0.2) is 69.5 Å². The Balaban J connectivity index is 0.00000264. The minimum absolute atomic E-state index is 0. The number of nitrogens with zero attached hydrogens (tertiary/aromatic N) is 2. The average molecular weight is 458 g/mol. The van der Waals surface area contributed by atoms with Gasteiger partial charge in [0.05, 0.1) is 11.5 Å². The molecule has 0 aromatic rings. The summed E-state index contributed by atoms with van der Waals surface area (Å²) in [4.78, 5) is 7.14. The lowest BCUT2D eigenvalue weighted by atomic mass is 10.2. The molecular formula is C15H31IN4O2S. The first-order chi connectivity index (χ1) is 10.5. The van der Waals surface area contributed by atoms with Crippen LogP contribution in [0.25, 0.3) is 0 Å². The van der Waals surface area contributed by atoms with Crippen LogP contribution in [-0.2, 0) is 9.84 Å². The van der Waals surface area contributed by atoms with Crippen LogP contribution in [0.2, 0.25) is 0 Å². The Morgan fingerprint density at radius 1 is 1.35 bits per heavy atom. The minimum atomic E-state index is -2.85. The summed E-state index contributed by atoms with van der Waals surface area (Å²) >= 11 is 0. The van der Waals surface area contributed by atoms with E-state index in [9.17, 15) is 8.42 Å². The van der Waals surface area contributed by atoms with Gasteiger partial charge in [-0.2, -0.15) is 0 Å². The summed E-state index contributed by atoms with van der Waals surface area (Å²) in [5.74, 6) is 1.77. The second-order valence-electron chi connectivity index (χ2n) is 6.58. The molecule has 6 nitrogen and oxygen atoms in total. The molecule has 2 rings (SSSR count). The Morgan fingerprint density at radius 3 is 2.61 bits per heavy atom. The number of halogens is 1. The van der Waals surface area contributed by atoms with Crippen LogP contribution in [0.3, 0.4) is 0 Å². The zero-order valence-electron chi connectivity index (χ0n) is 14.3. The van der Waals surface area contributed by atoms with Gasteiger partial charge in [0, 0.05) is 25.7 Å². The highest BCUT2D eigenvalue weighted by Crippen LogP contribution is 2.12. The van der Waals surface area contributed by atoms with Crippen LogP contribution in [0.5, 0.6) is 0 Å². The summed E-state index contributed by atoms with van der Waals surface area (Å²) in [6, 6.07) is -0.00307. The molecule has 0 aromatic heterocycles. The molecule has 2 fully saturated rings. The van der Waals surface area contributed by atoms with Gasteiger partial charge >= 0.3 is 0 Å². The topological polar surface area (TPSA) is 73.8 Å². The number of aliphatic imine (C=N–C) groups is 1. The summed E-state index contributed by atoms with van der Waals surface area (Å²) in [6.45, 7) is 9.33. The normalized spacial score (nSPS) is 25.8. The largest absolute Gasteiger partial charge is 0.357 e. The van der Waals surface area contributed by atoms with Gasteiger partial charge in [-0.25, -0.2) is 8.42 Å². The Morgan fingerprint density at radius 2 is 2.04 bits per heavy atom. The molecule has 0 bridgehead atoms. The molecule has 0 aromatic carbocycles. The first kappa shape index (κ1) is 21.0. The zero-order chi connectivity index (χ0) is 16.0. The number of nitrogens with one attached hydrogen (secondary N) is 2. The highest BCUT2D eigenvalue weighted by Gasteiger charge is 2.28. The van der Waals surface area contributed by atoms with Crippen LogP contribution in [0, 0.1) is 5.92 Å². The van der Waals surface area contributed by atoms with Crippen LogP contribution < -0.4 is 10.6 Å². The van der Waals surface area contributed by atoms with Crippen molar-refractivity contribution in [1.82, 2.24) is 15.5 Å². The maximum absolute atomic E-state index is 11.5. The standard InChI is InChI=1S/C15H30N4O2S.HI/c1-3-16-15(18-14-6-9-22(20,21)12-14)17-10-13(2)11-19-7-4-5-8-19;/h13-14H,3-12H2,1-2H3,(H2,16,17,18);1H. The monoisotopic (exact) mass is 458 g/mol. The Kier molecular flexibility index (Phi) is 9.13. The van der Waals surface area contributed by atoms with Gasteiger partial charge in [-0.15, -0.1) is 24.0 Å². The van der Waals surface area contributed by atoms with Crippen molar-refractivity contribution in [1.29, 1.82) is 0 Å². The number of hydrogen-bond donors (Lipinski definition) is 2. The maximum Gasteiger partial charge on any atom is 0.191 e. The van der Waals surface area contributed by atoms with Crippen LogP contribution in [0.1, 0.15) is 33.1 Å². The van der Waals surface area contributed by atoms with Gasteiger partial charge in [0.2, 0.25) is 0 Å². The lowest BCUT2D eigenvalue weighted by molar-refractivity contribution is 0.291. The van der Waals surface area contributed by atoms with E-state index in [0.717, 1.165) is 25.6 Å². The lowest BCUT2D eigenvalue weighted by Crippen LogP contribution is -2.44. The minimum Gasteiger partial charge on any atom is -0.357 e. The highest BCUT2D eigenvalue weighted by atomic mass is 127. The second kappa shape index (κ2) is 10.0. The molecule has 2 aliphatic rings. The molecule has 2 aliphatic heterocycles. The van der Waals surface area contributed by atoms with E-state index in [1.165, 1.54) is 25.9 Å². The van der Waals surface area contributed by atoms with Crippen molar-refractivity contribution in [2.75, 3.05) is 44.2 Å². The van der Waals surface area contributed by atoms with Gasteiger partial charge in [-0.05, 0) is 45.2 Å². The molecule has 0 radical (unpaired) electrons. The second-order valence-corrected chi connectivity index (χ2v) is 8.81. The molecule has 0 spiro atoms. The molecule has 23 heavy (non-hydrogen) atoms. The Bertz CT molecular complexity index is 478. The molecule has 0 aliphatic carbocycles. The SMILES string of the molecule is CCNC(=NCC(C)CN1CCCC1)NC1CCS(=O)(=O)C1.I. The van der Waals surface area contributed by atoms with E-state index in [1.54, 1.807) is 0 Å². The van der Waals surface area contributed by atoms with Crippen LogP contribution in [0.15, 0.2) is 4.99 Å². The van der Waals surface area contributed by atoms with Gasteiger partial charge < -0.3 is 15.5 Å². The van der Waals surface area contributed by atoms with Crippen molar-refractivity contribution in [3.8, 4) is 0 Å². The molecule has 2 N–H and O–H groups in total. The molecule has 2 atom stereocenters. The van der Waals surface area contributed by atoms with Crippen molar-refractivity contribution in [2.24, 2.45) is 10.9 Å². The quantitative estimate of drug-likeness (QED) is 0.354. The van der Waals surface area contributed by atoms with Crippen molar-refractivity contribution < 1.29 is 8.42 Å². The van der Waals surface area contributed by atoms with Crippen LogP contribution in [0.4, 0.5) is 0 Å². The van der Waals surface area contributed by atoms with E-state index in [1.807, 2.05) is 6.92 Å². The predicted octanol–water partition coefficient (Wildman–Crippen LogP) is 1.08. The Labute approximate surface area is 157 Å². The van der Waals surface area contributed by atoms with E-state index < -0.39 is 9.84 Å². The summed E-state index contributed by atoms with van der Waals surface area (Å²) in [5.41, 5.74) is 0. The summed E-state index contributed by atoms with van der Waals surface area (Å²) in [6.07, 6.45) is 3.31. The third-order valence-electron chi connectivity index (χ3n) is 4.25. The molecule has 0 amide bonds. The number of sulfone groups is 1. The molecule has 2 saturated heterocycles. The fourth-order valence-electron chi connectivity index (χ4n) is 3.13. The van der Waals surface area contributed by atoms with Crippen molar-refractivity contribution in [3.05, 3.63) is 0 Å². The van der Waals surface area contributed by atoms with Crippen molar-refractivity contribution in [2.45, 2.75) is 39.2 Å². The summed E-state index contributed by atoms with van der Waals surface area (Å²) in [5, 5.41) is 6.48. The number of hydrogen-bond acceptors (Lipinski definition) is 4. The van der Waals surface area contributed by atoms with Crippen molar-refractivity contribution >= 4 is 39.8 Å². The average Bonchev–Trinajstić information content (AvgIpc) is 3.06. The lowest BCUT2D eigenvalue weighted by Gasteiger charge is -2.20. The van der Waals surface area contributed by atoms with E-state index in [4.69, 9.17) is 0 Å². The van der Waals surface area contributed by atoms with Crippen LogP contribution >= 0.6 is 24.0 Å². The van der Waals surface area contributed by atoms with E-state index in [-0.39, 0.29) is 41.5 Å². The van der Waals surface area contributed by atoms with E-state index >= 15 is 0 Å². The third-order valence-corrected chi connectivity index (χ3v) is 6.02. The fourth-order valence-corrected chi connectivity index (χ4v) is 4.81.